The van der Waals surface area contributed by atoms with Crippen LogP contribution in [0.4, 0.5) is 17.3 Å². The van der Waals surface area contributed by atoms with Crippen LogP contribution in [-0.4, -0.2) is 25.8 Å². The minimum atomic E-state index is -0.622. The molecule has 10 heteroatoms. The number of hydrogen-bond acceptors (Lipinski definition) is 8. The van der Waals surface area contributed by atoms with Crippen LogP contribution in [0.25, 0.3) is 0 Å². The first kappa shape index (κ1) is 17.7. The lowest BCUT2D eigenvalue weighted by molar-refractivity contribution is -0.383. The number of hydrogen-bond donors (Lipinski definition) is 3. The van der Waals surface area contributed by atoms with Gasteiger partial charge in [0.1, 0.15) is 12.0 Å². The molecule has 1 aromatic carbocycles. The van der Waals surface area contributed by atoms with Crippen molar-refractivity contribution in [2.24, 2.45) is 0 Å². The van der Waals surface area contributed by atoms with Gasteiger partial charge < -0.3 is 5.32 Å². The average molecular weight is 365 g/mol. The lowest BCUT2D eigenvalue weighted by Crippen LogP contribution is -2.31. The number of benzene rings is 1. The van der Waals surface area contributed by atoms with E-state index in [0.717, 1.165) is 11.9 Å². The van der Waals surface area contributed by atoms with Crippen LogP contribution in [-0.2, 0) is 6.54 Å². The van der Waals surface area contributed by atoms with Crippen LogP contribution in [0.15, 0.2) is 61.1 Å². The fourth-order valence-corrected chi connectivity index (χ4v) is 2.23. The fourth-order valence-electron chi connectivity index (χ4n) is 2.23. The number of nitrogens with one attached hydrogen (secondary N) is 3. The topological polar surface area (TPSA) is 135 Å². The summed E-state index contributed by atoms with van der Waals surface area (Å²) in [5.74, 6) is -0.661. The highest BCUT2D eigenvalue weighted by Crippen LogP contribution is 2.28. The summed E-state index contributed by atoms with van der Waals surface area (Å²) >= 11 is 0. The number of hydrazine groups is 1. The Kier molecular flexibility index (Phi) is 5.48. The summed E-state index contributed by atoms with van der Waals surface area (Å²) in [5.41, 5.74) is 5.51. The van der Waals surface area contributed by atoms with Crippen molar-refractivity contribution in [1.82, 2.24) is 20.4 Å². The Morgan fingerprint density at radius 1 is 1.00 bits per heavy atom. The summed E-state index contributed by atoms with van der Waals surface area (Å²) in [6.07, 6.45) is 2.63. The zero-order valence-electron chi connectivity index (χ0n) is 14.0. The molecule has 3 rings (SSSR count). The van der Waals surface area contributed by atoms with Crippen molar-refractivity contribution in [3.05, 3.63) is 82.4 Å². The molecule has 0 bridgehead atoms. The van der Waals surface area contributed by atoms with Crippen molar-refractivity contribution in [2.45, 2.75) is 6.54 Å². The van der Waals surface area contributed by atoms with Gasteiger partial charge in [-0.3, -0.25) is 30.7 Å². The van der Waals surface area contributed by atoms with Gasteiger partial charge in [-0.1, -0.05) is 36.4 Å². The van der Waals surface area contributed by atoms with Gasteiger partial charge >= 0.3 is 5.69 Å². The largest absolute Gasteiger partial charge is 0.360 e. The quantitative estimate of drug-likeness (QED) is 0.428. The summed E-state index contributed by atoms with van der Waals surface area (Å²) in [6, 6.07) is 14.2. The number of amides is 1. The average Bonchev–Trinajstić information content (AvgIpc) is 2.71. The first-order chi connectivity index (χ1) is 13.1. The van der Waals surface area contributed by atoms with Crippen LogP contribution in [0.3, 0.4) is 0 Å². The number of aromatic nitrogens is 3. The summed E-state index contributed by atoms with van der Waals surface area (Å²) in [7, 11) is 0. The van der Waals surface area contributed by atoms with E-state index < -0.39 is 10.8 Å². The molecule has 10 nitrogen and oxygen atoms in total. The molecule has 0 spiro atoms. The number of nitro groups is 1. The number of carbonyl (C=O) groups excluding carboxylic acids is 1. The third-order valence-corrected chi connectivity index (χ3v) is 3.50. The number of nitrogens with zero attached hydrogens (tertiary/aromatic N) is 4. The molecule has 0 aliphatic heterocycles. The van der Waals surface area contributed by atoms with Crippen LogP contribution in [0.2, 0.25) is 0 Å². The predicted molar refractivity (Wildman–Crippen MR) is 97.8 cm³/mol. The molecular formula is C17H15N7O3. The van der Waals surface area contributed by atoms with E-state index in [4.69, 9.17) is 0 Å². The maximum Gasteiger partial charge on any atom is 0.354 e. The lowest BCUT2D eigenvalue weighted by Gasteiger charge is -2.10. The summed E-state index contributed by atoms with van der Waals surface area (Å²) in [4.78, 5) is 34.6. The molecule has 0 atom stereocenters. The predicted octanol–water partition coefficient (Wildman–Crippen LogP) is 2.15. The Balaban J connectivity index is 1.75. The molecule has 0 aliphatic rings. The molecule has 0 aliphatic carbocycles. The van der Waals surface area contributed by atoms with Crippen LogP contribution in [0, 0.1) is 10.1 Å². The second-order valence-corrected chi connectivity index (χ2v) is 5.31. The van der Waals surface area contributed by atoms with Gasteiger partial charge in [-0.2, -0.15) is 0 Å². The van der Waals surface area contributed by atoms with E-state index in [1.165, 1.54) is 12.3 Å². The van der Waals surface area contributed by atoms with E-state index in [1.807, 2.05) is 30.3 Å². The van der Waals surface area contributed by atoms with Gasteiger partial charge in [0.15, 0.2) is 0 Å². The van der Waals surface area contributed by atoms with E-state index in [-0.39, 0.29) is 23.0 Å². The van der Waals surface area contributed by atoms with E-state index >= 15 is 0 Å². The SMILES string of the molecule is O=C(NNc1ncnc(NCc2ccccc2)c1[N+](=O)[O-])c1ccccn1. The van der Waals surface area contributed by atoms with Crippen molar-refractivity contribution in [1.29, 1.82) is 0 Å². The molecule has 27 heavy (non-hydrogen) atoms. The number of rotatable bonds is 7. The van der Waals surface area contributed by atoms with Gasteiger partial charge in [-0.15, -0.1) is 0 Å². The molecule has 0 radical (unpaired) electrons. The third-order valence-electron chi connectivity index (χ3n) is 3.50. The summed E-state index contributed by atoms with van der Waals surface area (Å²) in [6.45, 7) is 0.346. The van der Waals surface area contributed by atoms with Crippen molar-refractivity contribution < 1.29 is 9.72 Å². The summed E-state index contributed by atoms with van der Waals surface area (Å²) < 4.78 is 0. The van der Waals surface area contributed by atoms with Gasteiger partial charge in [-0.05, 0) is 17.7 Å². The Morgan fingerprint density at radius 2 is 1.74 bits per heavy atom. The fraction of sp³-hybridized carbons (Fsp3) is 0.0588. The minimum Gasteiger partial charge on any atom is -0.360 e. The highest BCUT2D eigenvalue weighted by molar-refractivity contribution is 5.93. The monoisotopic (exact) mass is 365 g/mol. The molecule has 2 heterocycles. The zero-order valence-corrected chi connectivity index (χ0v) is 14.0. The second-order valence-electron chi connectivity index (χ2n) is 5.31. The first-order valence-electron chi connectivity index (χ1n) is 7.89. The molecule has 136 valence electrons. The van der Waals surface area contributed by atoms with Crippen molar-refractivity contribution in [2.75, 3.05) is 10.7 Å². The van der Waals surface area contributed by atoms with E-state index in [1.54, 1.807) is 12.1 Å². The van der Waals surface area contributed by atoms with Crippen LogP contribution in [0.5, 0.6) is 0 Å². The maximum absolute atomic E-state index is 12.0. The molecule has 0 saturated carbocycles. The van der Waals surface area contributed by atoms with Gasteiger partial charge in [0, 0.05) is 12.7 Å². The Morgan fingerprint density at radius 3 is 2.44 bits per heavy atom. The molecule has 1 amide bonds. The molecular weight excluding hydrogens is 350 g/mol. The first-order valence-corrected chi connectivity index (χ1v) is 7.89. The van der Waals surface area contributed by atoms with Gasteiger partial charge in [0.2, 0.25) is 11.6 Å². The third kappa shape index (κ3) is 4.51. The number of anilines is 2. The normalized spacial score (nSPS) is 10.1. The van der Waals surface area contributed by atoms with Crippen LogP contribution in [0.1, 0.15) is 16.1 Å². The minimum absolute atomic E-state index is 0.0356. The highest BCUT2D eigenvalue weighted by Gasteiger charge is 2.23. The smallest absolute Gasteiger partial charge is 0.354 e. The van der Waals surface area contributed by atoms with Gasteiger partial charge in [-0.25, -0.2) is 9.97 Å². The molecule has 0 saturated heterocycles. The van der Waals surface area contributed by atoms with E-state index in [0.29, 0.717) is 6.54 Å². The highest BCUT2D eigenvalue weighted by atomic mass is 16.6. The Hall–Kier alpha value is -4.08. The van der Waals surface area contributed by atoms with E-state index in [2.05, 4.69) is 31.1 Å². The number of carbonyl (C=O) groups is 1. The summed E-state index contributed by atoms with van der Waals surface area (Å²) in [5, 5.41) is 14.4. The van der Waals surface area contributed by atoms with E-state index in [9.17, 15) is 14.9 Å². The molecule has 3 aromatic rings. The Labute approximate surface area is 153 Å². The second kappa shape index (κ2) is 8.34. The van der Waals surface area contributed by atoms with Gasteiger partial charge in [0.05, 0.1) is 4.92 Å². The van der Waals surface area contributed by atoms with Crippen LogP contribution >= 0.6 is 0 Å². The van der Waals surface area contributed by atoms with Crippen molar-refractivity contribution in [3.63, 3.8) is 0 Å². The van der Waals surface area contributed by atoms with Crippen LogP contribution < -0.4 is 16.2 Å². The maximum atomic E-state index is 12.0. The molecule has 0 unspecified atom stereocenters. The van der Waals surface area contributed by atoms with Crippen molar-refractivity contribution >= 4 is 23.2 Å². The van der Waals surface area contributed by atoms with Gasteiger partial charge in [0.25, 0.3) is 5.91 Å². The zero-order chi connectivity index (χ0) is 19.1. The molecule has 3 N–H and O–H groups in total. The molecule has 0 fully saturated rings. The van der Waals surface area contributed by atoms with Crippen molar-refractivity contribution in [3.8, 4) is 0 Å². The lowest BCUT2D eigenvalue weighted by atomic mass is 10.2. The standard InChI is InChI=1S/C17H15N7O3/c25-17(13-8-4-5-9-18-13)23-22-16-14(24(26)27)15(20-11-21-16)19-10-12-6-2-1-3-7-12/h1-9,11H,10H2,(H,23,25)(H2,19,20,21,22). The number of pyridine rings is 1. The molecule has 2 aromatic heterocycles. The Bertz CT molecular complexity index is 936.